The van der Waals surface area contributed by atoms with Crippen molar-refractivity contribution in [3.63, 3.8) is 0 Å². The molecule has 0 radical (unpaired) electrons. The predicted molar refractivity (Wildman–Crippen MR) is 77.7 cm³/mol. The molecule has 0 saturated heterocycles. The average molecular weight is 242 g/mol. The summed E-state index contributed by atoms with van der Waals surface area (Å²) in [6, 6.07) is 8.53. The Labute approximate surface area is 109 Å². The molecular weight excluding hydrogens is 220 g/mol. The molecule has 0 aliphatic carbocycles. The molecule has 0 spiro atoms. The fraction of sp³-hybridized carbons (Fsp3) is 0.438. The van der Waals surface area contributed by atoms with Gasteiger partial charge in [-0.05, 0) is 23.6 Å². The number of benzene rings is 1. The van der Waals surface area contributed by atoms with E-state index in [-0.39, 0.29) is 5.41 Å². The van der Waals surface area contributed by atoms with E-state index in [2.05, 4.69) is 52.0 Å². The Bertz CT molecular complexity index is 565. The van der Waals surface area contributed by atoms with E-state index in [0.717, 1.165) is 17.6 Å². The maximum absolute atomic E-state index is 5.89. The lowest BCUT2D eigenvalue weighted by Gasteiger charge is -2.20. The third-order valence-corrected chi connectivity index (χ3v) is 3.38. The molecule has 1 heterocycles. The van der Waals surface area contributed by atoms with Crippen molar-refractivity contribution < 1.29 is 0 Å². The van der Waals surface area contributed by atoms with Crippen molar-refractivity contribution in [2.75, 3.05) is 0 Å². The topological polar surface area (TPSA) is 38.9 Å². The molecular formula is C16H22N2. The van der Waals surface area contributed by atoms with Crippen LogP contribution in [-0.4, -0.2) is 4.98 Å². The van der Waals surface area contributed by atoms with Gasteiger partial charge in [0.25, 0.3) is 0 Å². The molecule has 2 aromatic rings. The number of pyridine rings is 1. The third-order valence-electron chi connectivity index (χ3n) is 3.38. The van der Waals surface area contributed by atoms with Crippen LogP contribution in [0.25, 0.3) is 10.9 Å². The molecule has 2 rings (SSSR count). The Hall–Kier alpha value is -1.41. The summed E-state index contributed by atoms with van der Waals surface area (Å²) in [5, 5.41) is 1.20. The Kier molecular flexibility index (Phi) is 3.40. The number of hydrogen-bond acceptors (Lipinski definition) is 2. The second-order valence-electron chi connectivity index (χ2n) is 5.79. The molecule has 2 N–H and O–H groups in total. The van der Waals surface area contributed by atoms with Gasteiger partial charge in [-0.2, -0.15) is 0 Å². The molecule has 0 saturated carbocycles. The average Bonchev–Trinajstić information content (AvgIpc) is 2.35. The number of nitrogens with zero attached hydrogens (tertiary/aromatic N) is 1. The van der Waals surface area contributed by atoms with Crippen LogP contribution >= 0.6 is 0 Å². The summed E-state index contributed by atoms with van der Waals surface area (Å²) in [7, 11) is 0. The van der Waals surface area contributed by atoms with Crippen LogP contribution < -0.4 is 5.73 Å². The van der Waals surface area contributed by atoms with Gasteiger partial charge in [0.15, 0.2) is 0 Å². The number of fused-ring (bicyclic) bond motifs is 1. The number of aromatic nitrogens is 1. The van der Waals surface area contributed by atoms with Crippen molar-refractivity contribution in [2.45, 2.75) is 46.1 Å². The molecule has 0 bridgehead atoms. The van der Waals surface area contributed by atoms with Crippen LogP contribution in [0.3, 0.4) is 0 Å². The molecule has 18 heavy (non-hydrogen) atoms. The van der Waals surface area contributed by atoms with Gasteiger partial charge < -0.3 is 5.73 Å². The van der Waals surface area contributed by atoms with Crippen molar-refractivity contribution in [1.82, 2.24) is 4.98 Å². The molecule has 1 aromatic heterocycles. The lowest BCUT2D eigenvalue weighted by Crippen LogP contribution is -2.15. The van der Waals surface area contributed by atoms with E-state index in [4.69, 9.17) is 10.7 Å². The molecule has 0 atom stereocenters. The van der Waals surface area contributed by atoms with Crippen LogP contribution in [0, 0.1) is 0 Å². The van der Waals surface area contributed by atoms with Crippen LogP contribution in [0.4, 0.5) is 0 Å². The Morgan fingerprint density at radius 2 is 1.89 bits per heavy atom. The highest BCUT2D eigenvalue weighted by Crippen LogP contribution is 2.27. The van der Waals surface area contributed by atoms with Gasteiger partial charge in [0.05, 0.1) is 5.52 Å². The minimum Gasteiger partial charge on any atom is -0.326 e. The zero-order chi connectivity index (χ0) is 13.3. The largest absolute Gasteiger partial charge is 0.326 e. The summed E-state index contributed by atoms with van der Waals surface area (Å²) in [6.07, 6.45) is 1.00. The zero-order valence-electron chi connectivity index (χ0n) is 11.7. The number of aryl methyl sites for hydroxylation is 1. The van der Waals surface area contributed by atoms with E-state index in [1.165, 1.54) is 16.5 Å². The Morgan fingerprint density at radius 1 is 1.17 bits per heavy atom. The highest BCUT2D eigenvalue weighted by molar-refractivity contribution is 5.85. The van der Waals surface area contributed by atoms with Gasteiger partial charge in [-0.3, -0.25) is 4.98 Å². The van der Waals surface area contributed by atoms with Crippen molar-refractivity contribution in [2.24, 2.45) is 5.73 Å². The van der Waals surface area contributed by atoms with Crippen LogP contribution in [-0.2, 0) is 18.4 Å². The number of nitrogens with two attached hydrogens (primary N) is 1. The first kappa shape index (κ1) is 13.0. The summed E-state index contributed by atoms with van der Waals surface area (Å²) in [4.78, 5) is 4.87. The van der Waals surface area contributed by atoms with E-state index >= 15 is 0 Å². The highest BCUT2D eigenvalue weighted by atomic mass is 14.7. The quantitative estimate of drug-likeness (QED) is 0.874. The molecule has 0 aliphatic rings. The van der Waals surface area contributed by atoms with Crippen LogP contribution in [0.2, 0.25) is 0 Å². The van der Waals surface area contributed by atoms with Crippen molar-refractivity contribution in [1.29, 1.82) is 0 Å². The fourth-order valence-electron chi connectivity index (χ4n) is 2.22. The second-order valence-corrected chi connectivity index (χ2v) is 5.79. The molecule has 0 aliphatic heterocycles. The van der Waals surface area contributed by atoms with Crippen molar-refractivity contribution >= 4 is 10.9 Å². The van der Waals surface area contributed by atoms with Crippen LogP contribution in [0.15, 0.2) is 24.3 Å². The zero-order valence-corrected chi connectivity index (χ0v) is 11.7. The van der Waals surface area contributed by atoms with Crippen molar-refractivity contribution in [3.8, 4) is 0 Å². The lowest BCUT2D eigenvalue weighted by molar-refractivity contribution is 0.570. The fourth-order valence-corrected chi connectivity index (χ4v) is 2.22. The second kappa shape index (κ2) is 4.69. The van der Waals surface area contributed by atoms with Gasteiger partial charge in [-0.25, -0.2) is 0 Å². The van der Waals surface area contributed by atoms with Gasteiger partial charge in [-0.1, -0.05) is 45.9 Å². The summed E-state index contributed by atoms with van der Waals surface area (Å²) >= 11 is 0. The molecule has 1 aromatic carbocycles. The minimum absolute atomic E-state index is 0.0545. The highest BCUT2D eigenvalue weighted by Gasteiger charge is 2.18. The van der Waals surface area contributed by atoms with E-state index in [1.807, 2.05) is 0 Å². The van der Waals surface area contributed by atoms with Gasteiger partial charge in [0.1, 0.15) is 0 Å². The summed E-state index contributed by atoms with van der Waals surface area (Å²) < 4.78 is 0. The van der Waals surface area contributed by atoms with E-state index in [1.54, 1.807) is 0 Å². The molecule has 0 fully saturated rings. The minimum atomic E-state index is 0.0545. The number of hydrogen-bond donors (Lipinski definition) is 1. The normalized spacial score (nSPS) is 12.1. The summed E-state index contributed by atoms with van der Waals surface area (Å²) in [6.45, 7) is 9.31. The Morgan fingerprint density at radius 3 is 2.44 bits per heavy atom. The first-order valence-electron chi connectivity index (χ1n) is 6.59. The SMILES string of the molecule is CCc1cccc2c(CN)cc(C(C)(C)C)nc12. The van der Waals surface area contributed by atoms with Gasteiger partial charge in [0.2, 0.25) is 0 Å². The van der Waals surface area contributed by atoms with Gasteiger partial charge in [0, 0.05) is 23.0 Å². The monoisotopic (exact) mass is 242 g/mol. The first-order chi connectivity index (χ1) is 8.47. The molecule has 2 heteroatoms. The smallest absolute Gasteiger partial charge is 0.0740 e. The predicted octanol–water partition coefficient (Wildman–Crippen LogP) is 3.55. The van der Waals surface area contributed by atoms with Gasteiger partial charge in [-0.15, -0.1) is 0 Å². The number of rotatable bonds is 2. The molecule has 2 nitrogen and oxygen atoms in total. The molecule has 0 unspecified atom stereocenters. The maximum atomic E-state index is 5.89. The van der Waals surface area contributed by atoms with E-state index in [0.29, 0.717) is 6.54 Å². The van der Waals surface area contributed by atoms with Crippen molar-refractivity contribution in [3.05, 3.63) is 41.1 Å². The number of para-hydroxylation sites is 1. The van der Waals surface area contributed by atoms with E-state index in [9.17, 15) is 0 Å². The third kappa shape index (κ3) is 2.25. The maximum Gasteiger partial charge on any atom is 0.0740 e. The molecule has 0 amide bonds. The standard InChI is InChI=1S/C16H22N2/c1-5-11-7-6-8-13-12(10-17)9-14(16(2,3)4)18-15(11)13/h6-9H,5,10,17H2,1-4H3. The summed E-state index contributed by atoms with van der Waals surface area (Å²) in [5.41, 5.74) is 10.7. The Balaban J connectivity index is 2.80. The van der Waals surface area contributed by atoms with Crippen LogP contribution in [0.5, 0.6) is 0 Å². The molecule has 96 valence electrons. The lowest BCUT2D eigenvalue weighted by atomic mass is 9.89. The van der Waals surface area contributed by atoms with E-state index < -0.39 is 0 Å². The first-order valence-corrected chi connectivity index (χ1v) is 6.59. The van der Waals surface area contributed by atoms with Gasteiger partial charge >= 0.3 is 0 Å². The van der Waals surface area contributed by atoms with Crippen LogP contribution in [0.1, 0.15) is 44.5 Å². The summed E-state index contributed by atoms with van der Waals surface area (Å²) in [5.74, 6) is 0.